The third-order valence-corrected chi connectivity index (χ3v) is 2.10. The van der Waals surface area contributed by atoms with Crippen LogP contribution in [0.2, 0.25) is 0 Å². The number of hydrogen-bond donors (Lipinski definition) is 2. The van der Waals surface area contributed by atoms with Gasteiger partial charge in [0.1, 0.15) is 5.76 Å². The summed E-state index contributed by atoms with van der Waals surface area (Å²) in [4.78, 5) is 10.2. The number of aliphatic hydroxyl groups is 1. The average Bonchev–Trinajstić information content (AvgIpc) is 2.03. The van der Waals surface area contributed by atoms with Gasteiger partial charge in [0.25, 0.3) is 0 Å². The topological polar surface area (TPSA) is 57.5 Å². The van der Waals surface area contributed by atoms with Crippen molar-refractivity contribution in [3.8, 4) is 0 Å². The molecule has 0 heterocycles. The van der Waals surface area contributed by atoms with Gasteiger partial charge < -0.3 is 10.2 Å². The van der Waals surface area contributed by atoms with E-state index in [1.165, 1.54) is 0 Å². The lowest BCUT2D eigenvalue weighted by Gasteiger charge is -2.00. The van der Waals surface area contributed by atoms with Gasteiger partial charge in [0.05, 0.1) is 6.08 Å². The van der Waals surface area contributed by atoms with Crippen LogP contribution in [0.4, 0.5) is 0 Å². The van der Waals surface area contributed by atoms with Crippen LogP contribution >= 0.6 is 15.9 Å². The van der Waals surface area contributed by atoms with Crippen molar-refractivity contribution >= 4 is 27.7 Å². The van der Waals surface area contributed by atoms with Crippen LogP contribution in [0.3, 0.4) is 0 Å². The van der Waals surface area contributed by atoms with Crippen LogP contribution in [0.15, 0.2) is 34.8 Å². The predicted octanol–water partition coefficient (Wildman–Crippen LogP) is 2.43. The Morgan fingerprint density at radius 3 is 2.46 bits per heavy atom. The van der Waals surface area contributed by atoms with Gasteiger partial charge in [-0.05, 0) is 6.07 Å². The molecule has 2 N–H and O–H groups in total. The fourth-order valence-corrected chi connectivity index (χ4v) is 1.35. The highest BCUT2D eigenvalue weighted by Crippen LogP contribution is 2.21. The zero-order valence-corrected chi connectivity index (χ0v) is 8.15. The summed E-state index contributed by atoms with van der Waals surface area (Å²) in [6.45, 7) is 0. The van der Waals surface area contributed by atoms with Crippen molar-refractivity contribution in [2.45, 2.75) is 0 Å². The molecule has 0 unspecified atom stereocenters. The summed E-state index contributed by atoms with van der Waals surface area (Å²) in [5.41, 5.74) is 0.463. The van der Waals surface area contributed by atoms with E-state index < -0.39 is 5.97 Å². The van der Waals surface area contributed by atoms with E-state index in [0.29, 0.717) is 10.0 Å². The quantitative estimate of drug-likeness (QED) is 0.619. The van der Waals surface area contributed by atoms with Crippen molar-refractivity contribution in [2.75, 3.05) is 0 Å². The Labute approximate surface area is 83.5 Å². The smallest absolute Gasteiger partial charge is 0.332 e. The standard InChI is InChI=1S/C9H7BrO3/c10-7-4-2-1-3-6(7)8(11)5-9(12)13/h1-5,11H,(H,12,13). The number of carbonyl (C=O) groups is 1. The van der Waals surface area contributed by atoms with Gasteiger partial charge in [-0.2, -0.15) is 0 Å². The van der Waals surface area contributed by atoms with Gasteiger partial charge in [0.15, 0.2) is 0 Å². The molecule has 0 saturated heterocycles. The number of hydrogen-bond acceptors (Lipinski definition) is 2. The van der Waals surface area contributed by atoms with E-state index in [1.807, 2.05) is 0 Å². The molecule has 4 heteroatoms. The van der Waals surface area contributed by atoms with Crippen molar-refractivity contribution in [1.29, 1.82) is 0 Å². The number of aliphatic carboxylic acids is 1. The van der Waals surface area contributed by atoms with E-state index >= 15 is 0 Å². The van der Waals surface area contributed by atoms with Crippen LogP contribution in [-0.4, -0.2) is 16.2 Å². The molecule has 13 heavy (non-hydrogen) atoms. The molecular weight excluding hydrogens is 236 g/mol. The number of rotatable bonds is 2. The molecule has 0 bridgehead atoms. The second-order valence-electron chi connectivity index (χ2n) is 2.35. The number of halogens is 1. The molecule has 0 fully saturated rings. The van der Waals surface area contributed by atoms with Crippen LogP contribution in [0.25, 0.3) is 5.76 Å². The van der Waals surface area contributed by atoms with E-state index in [9.17, 15) is 9.90 Å². The van der Waals surface area contributed by atoms with E-state index in [-0.39, 0.29) is 5.76 Å². The van der Waals surface area contributed by atoms with Gasteiger partial charge in [-0.25, -0.2) is 4.79 Å². The summed E-state index contributed by atoms with van der Waals surface area (Å²) < 4.78 is 0.657. The molecule has 0 saturated carbocycles. The Bertz CT molecular complexity index is 358. The minimum atomic E-state index is -1.17. The number of carboxylic acids is 1. The molecule has 68 valence electrons. The molecule has 0 aliphatic rings. The third kappa shape index (κ3) is 2.59. The van der Waals surface area contributed by atoms with Gasteiger partial charge in [0.2, 0.25) is 0 Å². The monoisotopic (exact) mass is 242 g/mol. The van der Waals surface area contributed by atoms with Crippen LogP contribution < -0.4 is 0 Å². The van der Waals surface area contributed by atoms with E-state index in [4.69, 9.17) is 5.11 Å². The number of aliphatic hydroxyl groups excluding tert-OH is 1. The third-order valence-electron chi connectivity index (χ3n) is 1.41. The molecule has 1 aromatic carbocycles. The van der Waals surface area contributed by atoms with E-state index in [2.05, 4.69) is 15.9 Å². The predicted molar refractivity (Wildman–Crippen MR) is 52.4 cm³/mol. The molecule has 0 aliphatic carbocycles. The highest BCUT2D eigenvalue weighted by Gasteiger charge is 2.04. The summed E-state index contributed by atoms with van der Waals surface area (Å²) in [7, 11) is 0. The molecule has 0 atom stereocenters. The minimum absolute atomic E-state index is 0.264. The van der Waals surface area contributed by atoms with E-state index in [1.54, 1.807) is 24.3 Å². The molecule has 0 spiro atoms. The first-order valence-electron chi connectivity index (χ1n) is 3.50. The summed E-state index contributed by atoms with van der Waals surface area (Å²) in [6.07, 6.45) is 0.750. The average molecular weight is 243 g/mol. The maximum Gasteiger partial charge on any atom is 0.332 e. The van der Waals surface area contributed by atoms with Crippen LogP contribution in [0.1, 0.15) is 5.56 Å². The molecule has 3 nitrogen and oxygen atoms in total. The summed E-state index contributed by atoms with van der Waals surface area (Å²) in [5, 5.41) is 17.7. The molecule has 0 amide bonds. The van der Waals surface area contributed by atoms with Gasteiger partial charge in [-0.3, -0.25) is 0 Å². The second-order valence-corrected chi connectivity index (χ2v) is 3.20. The first kappa shape index (κ1) is 9.80. The lowest BCUT2D eigenvalue weighted by molar-refractivity contribution is -0.131. The SMILES string of the molecule is O=C(O)C=C(O)c1ccccc1Br. The normalized spacial score (nSPS) is 11.3. The van der Waals surface area contributed by atoms with Gasteiger partial charge in [-0.1, -0.05) is 34.1 Å². The molecule has 0 aliphatic heterocycles. The van der Waals surface area contributed by atoms with Crippen LogP contribution in [-0.2, 0) is 4.79 Å². The van der Waals surface area contributed by atoms with Crippen molar-refractivity contribution < 1.29 is 15.0 Å². The molecule has 0 radical (unpaired) electrons. The molecule has 1 aromatic rings. The largest absolute Gasteiger partial charge is 0.507 e. The molecule has 1 rings (SSSR count). The first-order chi connectivity index (χ1) is 6.11. The van der Waals surface area contributed by atoms with Gasteiger partial charge in [0, 0.05) is 10.0 Å². The molecule has 0 aromatic heterocycles. The van der Waals surface area contributed by atoms with Gasteiger partial charge in [-0.15, -0.1) is 0 Å². The lowest BCUT2D eigenvalue weighted by atomic mass is 10.2. The summed E-state index contributed by atoms with van der Waals surface area (Å²) in [6, 6.07) is 6.84. The van der Waals surface area contributed by atoms with Crippen molar-refractivity contribution in [1.82, 2.24) is 0 Å². The van der Waals surface area contributed by atoms with E-state index in [0.717, 1.165) is 6.08 Å². The highest BCUT2D eigenvalue weighted by molar-refractivity contribution is 9.10. The van der Waals surface area contributed by atoms with Crippen molar-refractivity contribution in [2.24, 2.45) is 0 Å². The Morgan fingerprint density at radius 1 is 1.31 bits per heavy atom. The fourth-order valence-electron chi connectivity index (χ4n) is 0.864. The Hall–Kier alpha value is -1.29. The highest BCUT2D eigenvalue weighted by atomic mass is 79.9. The van der Waals surface area contributed by atoms with Crippen molar-refractivity contribution in [3.63, 3.8) is 0 Å². The van der Waals surface area contributed by atoms with Crippen LogP contribution in [0, 0.1) is 0 Å². The zero-order valence-electron chi connectivity index (χ0n) is 6.57. The number of carboxylic acid groups (broad SMARTS) is 1. The summed E-state index contributed by atoms with van der Waals surface area (Å²) >= 11 is 3.19. The molecular formula is C9H7BrO3. The van der Waals surface area contributed by atoms with Crippen LogP contribution in [0.5, 0.6) is 0 Å². The fraction of sp³-hybridized carbons (Fsp3) is 0. The number of benzene rings is 1. The maximum atomic E-state index is 10.2. The lowest BCUT2D eigenvalue weighted by Crippen LogP contribution is -1.92. The summed E-state index contributed by atoms with van der Waals surface area (Å²) in [5.74, 6) is -1.44. The van der Waals surface area contributed by atoms with Crippen molar-refractivity contribution in [3.05, 3.63) is 40.4 Å². The Morgan fingerprint density at radius 2 is 1.92 bits per heavy atom. The maximum absolute atomic E-state index is 10.2. The second kappa shape index (κ2) is 4.09. The zero-order chi connectivity index (χ0) is 9.84. The minimum Gasteiger partial charge on any atom is -0.507 e. The Balaban J connectivity index is 3.08. The Kier molecular flexibility index (Phi) is 3.08. The first-order valence-corrected chi connectivity index (χ1v) is 4.29. The van der Waals surface area contributed by atoms with Gasteiger partial charge >= 0.3 is 5.97 Å².